The highest BCUT2D eigenvalue weighted by Gasteiger charge is 2.06. The molecule has 1 rings (SSSR count). The number of rotatable bonds is 5. The van der Waals surface area contributed by atoms with E-state index in [0.717, 1.165) is 11.3 Å². The van der Waals surface area contributed by atoms with Crippen LogP contribution in [0, 0.1) is 0 Å². The summed E-state index contributed by atoms with van der Waals surface area (Å²) >= 11 is 0. The van der Waals surface area contributed by atoms with Crippen molar-refractivity contribution in [3.8, 4) is 5.75 Å². The van der Waals surface area contributed by atoms with E-state index in [0.29, 0.717) is 13.2 Å². The molecule has 0 fully saturated rings. The molecule has 3 nitrogen and oxygen atoms in total. The van der Waals surface area contributed by atoms with Gasteiger partial charge in [0.25, 0.3) is 0 Å². The number of aliphatic hydroxyl groups is 1. The van der Waals surface area contributed by atoms with Crippen LogP contribution in [0.1, 0.15) is 18.6 Å². The first-order valence-electron chi connectivity index (χ1n) is 4.67. The summed E-state index contributed by atoms with van der Waals surface area (Å²) in [5, 5.41) is 9.65. The lowest BCUT2D eigenvalue weighted by Gasteiger charge is -2.10. The second-order valence-electron chi connectivity index (χ2n) is 2.95. The predicted molar refractivity (Wildman–Crippen MR) is 54.4 cm³/mol. The molecular weight excluding hydrogens is 180 g/mol. The van der Waals surface area contributed by atoms with Gasteiger partial charge in [0.1, 0.15) is 11.9 Å². The molecule has 14 heavy (non-hydrogen) atoms. The Labute approximate surface area is 84.3 Å². The van der Waals surface area contributed by atoms with Gasteiger partial charge in [-0.05, 0) is 24.6 Å². The Bertz CT molecular complexity index is 256. The third kappa shape index (κ3) is 3.01. The quantitative estimate of drug-likeness (QED) is 0.780. The highest BCUT2D eigenvalue weighted by Crippen LogP contribution is 2.17. The van der Waals surface area contributed by atoms with E-state index in [-0.39, 0.29) is 0 Å². The van der Waals surface area contributed by atoms with Gasteiger partial charge in [-0.25, -0.2) is 0 Å². The topological polar surface area (TPSA) is 38.7 Å². The molecule has 1 aromatic carbocycles. The fraction of sp³-hybridized carbons (Fsp3) is 0.455. The van der Waals surface area contributed by atoms with Crippen LogP contribution in [0.15, 0.2) is 24.3 Å². The van der Waals surface area contributed by atoms with E-state index in [4.69, 9.17) is 9.47 Å². The molecule has 0 saturated carbocycles. The van der Waals surface area contributed by atoms with Gasteiger partial charge in [0.05, 0.1) is 13.7 Å². The Kier molecular flexibility index (Phi) is 4.43. The van der Waals surface area contributed by atoms with Gasteiger partial charge in [-0.2, -0.15) is 0 Å². The molecule has 0 saturated heterocycles. The largest absolute Gasteiger partial charge is 0.497 e. The third-order valence-corrected chi connectivity index (χ3v) is 1.98. The molecule has 0 aromatic heterocycles. The van der Waals surface area contributed by atoms with Crippen LogP contribution >= 0.6 is 0 Å². The second kappa shape index (κ2) is 5.62. The van der Waals surface area contributed by atoms with E-state index in [9.17, 15) is 5.11 Å². The molecule has 0 bridgehead atoms. The van der Waals surface area contributed by atoms with Crippen molar-refractivity contribution in [1.82, 2.24) is 0 Å². The molecule has 0 radical (unpaired) electrons. The monoisotopic (exact) mass is 196 g/mol. The normalized spacial score (nSPS) is 12.5. The molecule has 0 aliphatic heterocycles. The van der Waals surface area contributed by atoms with Crippen molar-refractivity contribution in [3.63, 3.8) is 0 Å². The smallest absolute Gasteiger partial charge is 0.118 e. The molecule has 78 valence electrons. The van der Waals surface area contributed by atoms with Crippen LogP contribution in [-0.4, -0.2) is 25.4 Å². The van der Waals surface area contributed by atoms with Crippen molar-refractivity contribution in [3.05, 3.63) is 29.8 Å². The third-order valence-electron chi connectivity index (χ3n) is 1.98. The van der Waals surface area contributed by atoms with E-state index in [2.05, 4.69) is 0 Å². The number of benzene rings is 1. The Morgan fingerprint density at radius 3 is 2.43 bits per heavy atom. The maximum atomic E-state index is 9.65. The molecule has 0 spiro atoms. The zero-order valence-corrected chi connectivity index (χ0v) is 8.56. The molecule has 3 heteroatoms. The van der Waals surface area contributed by atoms with Crippen molar-refractivity contribution >= 4 is 0 Å². The summed E-state index contributed by atoms with van der Waals surface area (Å²) in [6, 6.07) is 7.32. The lowest BCUT2D eigenvalue weighted by atomic mass is 10.1. The number of ether oxygens (including phenoxy) is 2. The maximum absolute atomic E-state index is 9.65. The Morgan fingerprint density at radius 2 is 1.93 bits per heavy atom. The van der Waals surface area contributed by atoms with Gasteiger partial charge in [-0.1, -0.05) is 12.1 Å². The van der Waals surface area contributed by atoms with Crippen molar-refractivity contribution < 1.29 is 14.6 Å². The van der Waals surface area contributed by atoms with Crippen LogP contribution in [0.3, 0.4) is 0 Å². The molecule has 1 atom stereocenters. The fourth-order valence-corrected chi connectivity index (χ4v) is 1.15. The van der Waals surface area contributed by atoms with E-state index >= 15 is 0 Å². The molecule has 1 aromatic rings. The predicted octanol–water partition coefficient (Wildman–Crippen LogP) is 1.77. The first kappa shape index (κ1) is 11.0. The van der Waals surface area contributed by atoms with Gasteiger partial charge in [0.15, 0.2) is 0 Å². The first-order valence-corrected chi connectivity index (χ1v) is 4.67. The summed E-state index contributed by atoms with van der Waals surface area (Å²) in [5.74, 6) is 0.789. The van der Waals surface area contributed by atoms with Crippen LogP contribution in [-0.2, 0) is 4.74 Å². The standard InChI is InChI=1S/C11H16O3/c1-3-14-8-11(12)9-4-6-10(13-2)7-5-9/h4-7,11-12H,3,8H2,1-2H3. The summed E-state index contributed by atoms with van der Waals surface area (Å²) in [7, 11) is 1.62. The van der Waals surface area contributed by atoms with Gasteiger partial charge in [-0.3, -0.25) is 0 Å². The highest BCUT2D eigenvalue weighted by atomic mass is 16.5. The van der Waals surface area contributed by atoms with Gasteiger partial charge in [-0.15, -0.1) is 0 Å². The van der Waals surface area contributed by atoms with Crippen molar-refractivity contribution in [2.24, 2.45) is 0 Å². The Morgan fingerprint density at radius 1 is 1.29 bits per heavy atom. The van der Waals surface area contributed by atoms with Gasteiger partial charge in [0.2, 0.25) is 0 Å². The number of methoxy groups -OCH3 is 1. The Hall–Kier alpha value is -1.06. The van der Waals surface area contributed by atoms with Crippen LogP contribution < -0.4 is 4.74 Å². The van der Waals surface area contributed by atoms with Crippen LogP contribution in [0.25, 0.3) is 0 Å². The average Bonchev–Trinajstić information content (AvgIpc) is 2.26. The molecule has 1 unspecified atom stereocenters. The number of hydrogen-bond donors (Lipinski definition) is 1. The molecular formula is C11H16O3. The average molecular weight is 196 g/mol. The van der Waals surface area contributed by atoms with Gasteiger partial charge >= 0.3 is 0 Å². The van der Waals surface area contributed by atoms with Crippen molar-refractivity contribution in [2.75, 3.05) is 20.3 Å². The zero-order chi connectivity index (χ0) is 10.4. The highest BCUT2D eigenvalue weighted by molar-refractivity contribution is 5.28. The van der Waals surface area contributed by atoms with Gasteiger partial charge < -0.3 is 14.6 Å². The SMILES string of the molecule is CCOCC(O)c1ccc(OC)cc1. The minimum atomic E-state index is -0.555. The van der Waals surface area contributed by atoms with E-state index in [1.54, 1.807) is 7.11 Å². The molecule has 0 amide bonds. The lowest BCUT2D eigenvalue weighted by Crippen LogP contribution is -2.06. The van der Waals surface area contributed by atoms with Crippen LogP contribution in [0.5, 0.6) is 5.75 Å². The Balaban J connectivity index is 2.57. The van der Waals surface area contributed by atoms with Gasteiger partial charge in [0, 0.05) is 6.61 Å². The minimum Gasteiger partial charge on any atom is -0.497 e. The number of hydrogen-bond acceptors (Lipinski definition) is 3. The summed E-state index contributed by atoms with van der Waals surface area (Å²) in [4.78, 5) is 0. The minimum absolute atomic E-state index is 0.336. The summed E-state index contributed by atoms with van der Waals surface area (Å²) in [6.07, 6.45) is -0.555. The zero-order valence-electron chi connectivity index (χ0n) is 8.56. The van der Waals surface area contributed by atoms with Crippen LogP contribution in [0.4, 0.5) is 0 Å². The first-order chi connectivity index (χ1) is 6.77. The second-order valence-corrected chi connectivity index (χ2v) is 2.95. The molecule has 0 heterocycles. The summed E-state index contributed by atoms with van der Waals surface area (Å²) in [5.41, 5.74) is 0.847. The van der Waals surface area contributed by atoms with E-state index in [1.807, 2.05) is 31.2 Å². The number of aliphatic hydroxyl groups excluding tert-OH is 1. The van der Waals surface area contributed by atoms with E-state index in [1.165, 1.54) is 0 Å². The van der Waals surface area contributed by atoms with Crippen molar-refractivity contribution in [1.29, 1.82) is 0 Å². The molecule has 0 aliphatic carbocycles. The fourth-order valence-electron chi connectivity index (χ4n) is 1.15. The summed E-state index contributed by atoms with van der Waals surface area (Å²) in [6.45, 7) is 2.86. The molecule has 1 N–H and O–H groups in total. The molecule has 0 aliphatic rings. The van der Waals surface area contributed by atoms with Crippen LogP contribution in [0.2, 0.25) is 0 Å². The maximum Gasteiger partial charge on any atom is 0.118 e. The summed E-state index contributed by atoms with van der Waals surface area (Å²) < 4.78 is 10.1. The lowest BCUT2D eigenvalue weighted by molar-refractivity contribution is 0.0420. The van der Waals surface area contributed by atoms with Crippen molar-refractivity contribution in [2.45, 2.75) is 13.0 Å². The van der Waals surface area contributed by atoms with E-state index < -0.39 is 6.10 Å².